The molecule has 42 heavy (non-hydrogen) atoms. The molecule has 0 aromatic rings. The van der Waals surface area contributed by atoms with Gasteiger partial charge < -0.3 is 25.6 Å². The number of carbonyl (C=O) groups excluding carboxylic acids is 3. The summed E-state index contributed by atoms with van der Waals surface area (Å²) in [6.07, 6.45) is 26.9. The largest absolute Gasteiger partial charge is 0.480 e. The second kappa shape index (κ2) is 28.4. The molecule has 0 aromatic heterocycles. The standard InChI is InChI=1S/C33H58N2O7/c1-3-5-7-8-9-10-11-12-13-14-15-21-25-32(39)42-28(22-18-6-4-2)23-19-16-17-20-24-30(37)34-26-31(38)35-29(27-36)33(40)41/h9-10,18,22,28-29,36H,3-8,11-17,19-21,23-27H2,1-2H3,(H,34,37)(H,35,38)(H,40,41)/b10-9-,22-18-. The smallest absolute Gasteiger partial charge is 0.328 e. The van der Waals surface area contributed by atoms with Crippen molar-refractivity contribution in [1.82, 2.24) is 10.6 Å². The molecule has 0 saturated heterocycles. The van der Waals surface area contributed by atoms with Gasteiger partial charge in [0.1, 0.15) is 12.1 Å². The minimum atomic E-state index is -1.39. The number of carboxylic acids is 1. The summed E-state index contributed by atoms with van der Waals surface area (Å²) < 4.78 is 5.76. The quantitative estimate of drug-likeness (QED) is 0.0484. The number of ether oxygens (including phenoxy) is 1. The summed E-state index contributed by atoms with van der Waals surface area (Å²) in [5.74, 6) is -2.43. The number of aliphatic hydroxyl groups excluding tert-OH is 1. The summed E-state index contributed by atoms with van der Waals surface area (Å²) in [4.78, 5) is 46.9. The van der Waals surface area contributed by atoms with Crippen molar-refractivity contribution >= 4 is 23.8 Å². The highest BCUT2D eigenvalue weighted by Crippen LogP contribution is 2.14. The van der Waals surface area contributed by atoms with Gasteiger partial charge in [0.05, 0.1) is 13.2 Å². The van der Waals surface area contributed by atoms with E-state index in [1.54, 1.807) is 0 Å². The van der Waals surface area contributed by atoms with Crippen LogP contribution < -0.4 is 10.6 Å². The molecular weight excluding hydrogens is 536 g/mol. The monoisotopic (exact) mass is 594 g/mol. The SMILES string of the molecule is CCC/C=C\C(CCCCCCC(=O)NCC(=O)NC(CO)C(=O)O)OC(=O)CCCCCCC/C=C\CCCCC. The van der Waals surface area contributed by atoms with Crippen molar-refractivity contribution in [2.45, 2.75) is 148 Å². The fourth-order valence-corrected chi connectivity index (χ4v) is 4.33. The minimum absolute atomic E-state index is 0.134. The number of hydrogen-bond acceptors (Lipinski definition) is 6. The molecule has 0 saturated carbocycles. The van der Waals surface area contributed by atoms with E-state index in [9.17, 15) is 19.2 Å². The van der Waals surface area contributed by atoms with E-state index >= 15 is 0 Å². The summed E-state index contributed by atoms with van der Waals surface area (Å²) in [5.41, 5.74) is 0. The fraction of sp³-hybridized carbons (Fsp3) is 0.758. The Balaban J connectivity index is 4.06. The highest BCUT2D eigenvalue weighted by molar-refractivity contribution is 5.87. The number of rotatable bonds is 28. The van der Waals surface area contributed by atoms with Crippen LogP contribution in [0.3, 0.4) is 0 Å². The lowest BCUT2D eigenvalue weighted by atomic mass is 10.1. The maximum atomic E-state index is 12.4. The second-order valence-electron chi connectivity index (χ2n) is 10.9. The van der Waals surface area contributed by atoms with Crippen molar-refractivity contribution in [2.75, 3.05) is 13.2 Å². The number of carboxylic acid groups (broad SMARTS) is 1. The third-order valence-electron chi connectivity index (χ3n) is 6.89. The Labute approximate surface area is 253 Å². The Morgan fingerprint density at radius 2 is 1.33 bits per heavy atom. The predicted molar refractivity (Wildman–Crippen MR) is 167 cm³/mol. The Morgan fingerprint density at radius 1 is 0.714 bits per heavy atom. The van der Waals surface area contributed by atoms with Crippen LogP contribution >= 0.6 is 0 Å². The second-order valence-corrected chi connectivity index (χ2v) is 10.9. The van der Waals surface area contributed by atoms with E-state index in [-0.39, 0.29) is 30.9 Å². The van der Waals surface area contributed by atoms with E-state index in [1.165, 1.54) is 38.5 Å². The molecule has 0 aliphatic heterocycles. The van der Waals surface area contributed by atoms with Gasteiger partial charge in [-0.05, 0) is 63.9 Å². The molecule has 2 amide bonds. The van der Waals surface area contributed by atoms with Crippen LogP contribution in [0, 0.1) is 0 Å². The first-order valence-corrected chi connectivity index (χ1v) is 16.2. The average Bonchev–Trinajstić information content (AvgIpc) is 2.96. The van der Waals surface area contributed by atoms with Gasteiger partial charge in [0.25, 0.3) is 0 Å². The van der Waals surface area contributed by atoms with Gasteiger partial charge in [0.2, 0.25) is 11.8 Å². The van der Waals surface area contributed by atoms with Gasteiger partial charge in [0.15, 0.2) is 0 Å². The van der Waals surface area contributed by atoms with Crippen LogP contribution in [0.2, 0.25) is 0 Å². The molecule has 0 rings (SSSR count). The normalized spacial score (nSPS) is 12.8. The summed E-state index contributed by atoms with van der Waals surface area (Å²) in [7, 11) is 0. The number of amides is 2. The number of aliphatic carboxylic acids is 1. The molecule has 9 heteroatoms. The first-order valence-electron chi connectivity index (χ1n) is 16.2. The molecule has 2 unspecified atom stereocenters. The van der Waals surface area contributed by atoms with Gasteiger partial charge in [0, 0.05) is 12.8 Å². The van der Waals surface area contributed by atoms with Crippen molar-refractivity contribution in [3.8, 4) is 0 Å². The average molecular weight is 595 g/mol. The van der Waals surface area contributed by atoms with Gasteiger partial charge in [-0.3, -0.25) is 14.4 Å². The minimum Gasteiger partial charge on any atom is -0.480 e. The van der Waals surface area contributed by atoms with Crippen molar-refractivity contribution < 1.29 is 34.1 Å². The lowest BCUT2D eigenvalue weighted by Crippen LogP contribution is -2.47. The Bertz CT molecular complexity index is 782. The van der Waals surface area contributed by atoms with Crippen LogP contribution in [-0.4, -0.2) is 59.3 Å². The van der Waals surface area contributed by atoms with Crippen molar-refractivity contribution in [1.29, 1.82) is 0 Å². The van der Waals surface area contributed by atoms with Crippen LogP contribution in [0.1, 0.15) is 136 Å². The number of allylic oxidation sites excluding steroid dienone is 3. The molecule has 0 radical (unpaired) electrons. The number of hydrogen-bond donors (Lipinski definition) is 4. The van der Waals surface area contributed by atoms with E-state index in [0.29, 0.717) is 12.8 Å². The number of aliphatic hydroxyl groups is 1. The summed E-state index contributed by atoms with van der Waals surface area (Å²) >= 11 is 0. The van der Waals surface area contributed by atoms with E-state index in [4.69, 9.17) is 14.9 Å². The fourth-order valence-electron chi connectivity index (χ4n) is 4.33. The zero-order valence-corrected chi connectivity index (χ0v) is 26.2. The van der Waals surface area contributed by atoms with Gasteiger partial charge in [-0.15, -0.1) is 0 Å². The third-order valence-corrected chi connectivity index (χ3v) is 6.89. The first kappa shape index (κ1) is 39.3. The molecule has 0 spiro atoms. The molecule has 0 aromatic carbocycles. The van der Waals surface area contributed by atoms with E-state index in [1.807, 2.05) is 6.08 Å². The summed E-state index contributed by atoms with van der Waals surface area (Å²) in [6.45, 7) is 3.28. The molecule has 242 valence electrons. The lowest BCUT2D eigenvalue weighted by molar-refractivity contribution is -0.147. The molecule has 0 aliphatic carbocycles. The maximum absolute atomic E-state index is 12.4. The molecular formula is C33H58N2O7. The lowest BCUT2D eigenvalue weighted by Gasteiger charge is -2.15. The molecule has 0 heterocycles. The van der Waals surface area contributed by atoms with Gasteiger partial charge >= 0.3 is 11.9 Å². The topological polar surface area (TPSA) is 142 Å². The predicted octanol–water partition coefficient (Wildman–Crippen LogP) is 6.14. The van der Waals surface area contributed by atoms with E-state index in [0.717, 1.165) is 64.2 Å². The summed E-state index contributed by atoms with van der Waals surface area (Å²) in [5, 5.41) is 22.3. The third kappa shape index (κ3) is 25.1. The van der Waals surface area contributed by atoms with Gasteiger partial charge in [-0.25, -0.2) is 4.79 Å². The van der Waals surface area contributed by atoms with E-state index < -0.39 is 24.5 Å². The van der Waals surface area contributed by atoms with Gasteiger partial charge in [-0.1, -0.05) is 83.4 Å². The molecule has 0 bridgehead atoms. The van der Waals surface area contributed by atoms with Gasteiger partial charge in [-0.2, -0.15) is 0 Å². The first-order chi connectivity index (χ1) is 20.3. The van der Waals surface area contributed by atoms with Crippen LogP contribution in [0.25, 0.3) is 0 Å². The van der Waals surface area contributed by atoms with Crippen LogP contribution in [0.15, 0.2) is 24.3 Å². The number of esters is 1. The van der Waals surface area contributed by atoms with Crippen LogP contribution in [-0.2, 0) is 23.9 Å². The van der Waals surface area contributed by atoms with Crippen molar-refractivity contribution in [3.05, 3.63) is 24.3 Å². The van der Waals surface area contributed by atoms with Crippen molar-refractivity contribution in [2.24, 2.45) is 0 Å². The van der Waals surface area contributed by atoms with Crippen LogP contribution in [0.4, 0.5) is 0 Å². The Morgan fingerprint density at radius 3 is 1.98 bits per heavy atom. The number of carbonyl (C=O) groups is 4. The highest BCUT2D eigenvalue weighted by atomic mass is 16.5. The zero-order chi connectivity index (χ0) is 31.3. The molecule has 0 aliphatic rings. The Kier molecular flexibility index (Phi) is 26.6. The van der Waals surface area contributed by atoms with E-state index in [2.05, 4.69) is 42.7 Å². The number of nitrogens with one attached hydrogen (secondary N) is 2. The number of unbranched alkanes of at least 4 members (excludes halogenated alkanes) is 12. The maximum Gasteiger partial charge on any atom is 0.328 e. The Hall–Kier alpha value is -2.68. The van der Waals surface area contributed by atoms with Crippen LogP contribution in [0.5, 0.6) is 0 Å². The molecule has 4 N–H and O–H groups in total. The highest BCUT2D eigenvalue weighted by Gasteiger charge is 2.18. The zero-order valence-electron chi connectivity index (χ0n) is 26.2. The molecule has 9 nitrogen and oxygen atoms in total. The molecule has 0 fully saturated rings. The molecule has 2 atom stereocenters. The summed E-state index contributed by atoms with van der Waals surface area (Å²) in [6, 6.07) is -1.39. The van der Waals surface area contributed by atoms with Crippen molar-refractivity contribution in [3.63, 3.8) is 0 Å².